The quantitative estimate of drug-likeness (QED) is 0.194. The van der Waals surface area contributed by atoms with Gasteiger partial charge in [0.25, 0.3) is 5.56 Å². The molecule has 1 aliphatic rings. The van der Waals surface area contributed by atoms with Crippen molar-refractivity contribution in [1.29, 1.82) is 0 Å². The Morgan fingerprint density at radius 1 is 0.923 bits per heavy atom. The minimum absolute atomic E-state index is 0.0533. The third-order valence-electron chi connectivity index (χ3n) is 6.07. The van der Waals surface area contributed by atoms with E-state index in [-0.39, 0.29) is 17.3 Å². The molecule has 0 saturated heterocycles. The Bertz CT molecular complexity index is 1650. The third kappa shape index (κ3) is 5.53. The lowest BCUT2D eigenvalue weighted by atomic mass is 9.99. The Kier molecular flexibility index (Phi) is 7.19. The van der Waals surface area contributed by atoms with Gasteiger partial charge in [0.1, 0.15) is 0 Å². The van der Waals surface area contributed by atoms with Gasteiger partial charge < -0.3 is 4.57 Å². The number of rotatable bonds is 4. The van der Waals surface area contributed by atoms with Gasteiger partial charge in [0, 0.05) is 43.8 Å². The van der Waals surface area contributed by atoms with Crippen LogP contribution in [0.15, 0.2) is 69.4 Å². The topological polar surface area (TPSA) is 48.3 Å². The molecule has 2 heterocycles. The average Bonchev–Trinajstić information content (AvgIpc) is 2.85. The molecule has 1 aliphatic heterocycles. The van der Waals surface area contributed by atoms with Gasteiger partial charge in [0.05, 0.1) is 16.6 Å². The number of para-hydroxylation sites is 1. The van der Waals surface area contributed by atoms with Crippen LogP contribution in [-0.2, 0) is 25.4 Å². The van der Waals surface area contributed by atoms with E-state index in [1.807, 2.05) is 12.1 Å². The van der Waals surface area contributed by atoms with Crippen molar-refractivity contribution in [1.82, 2.24) is 4.57 Å². The van der Waals surface area contributed by atoms with Crippen molar-refractivity contribution in [2.45, 2.75) is 30.3 Å². The summed E-state index contributed by atoms with van der Waals surface area (Å²) in [7, 11) is 0. The van der Waals surface area contributed by atoms with Crippen LogP contribution in [0.5, 0.6) is 0 Å². The molecular weight excluding hydrogens is 587 g/mol. The lowest BCUT2D eigenvalue weighted by molar-refractivity contribution is -0.544. The number of hydrogen-bond acceptors (Lipinski definition) is 3. The summed E-state index contributed by atoms with van der Waals surface area (Å²) in [5, 5.41) is 7.97. The number of aryl methyl sites for hydroxylation is 1. The van der Waals surface area contributed by atoms with Gasteiger partial charge in [-0.15, -0.1) is 16.9 Å². The molecule has 0 bridgehead atoms. The molecule has 3 aromatic carbocycles. The minimum atomic E-state index is -4.98. The zero-order valence-electron chi connectivity index (χ0n) is 19.6. The highest BCUT2D eigenvalue weighted by atomic mass is 35.5. The number of hydrogen-bond donors (Lipinski definition) is 1. The number of alkyl halides is 6. The second kappa shape index (κ2) is 10.2. The fourth-order valence-corrected chi connectivity index (χ4v) is 6.02. The van der Waals surface area contributed by atoms with Crippen molar-refractivity contribution in [2.24, 2.45) is 5.11 Å². The lowest BCUT2D eigenvalue weighted by Crippen LogP contribution is -2.63. The van der Waals surface area contributed by atoms with E-state index in [0.717, 1.165) is 4.90 Å². The van der Waals surface area contributed by atoms with Crippen LogP contribution in [0.2, 0.25) is 10.0 Å². The smallest absolute Gasteiger partial charge is 0.304 e. The highest BCUT2D eigenvalue weighted by Gasteiger charge is 2.37. The number of pyridine rings is 1. The van der Waals surface area contributed by atoms with Gasteiger partial charge in [-0.2, -0.15) is 26.3 Å². The zero-order valence-corrected chi connectivity index (χ0v) is 21.9. The van der Waals surface area contributed by atoms with Crippen LogP contribution in [-0.4, -0.2) is 10.3 Å². The second-order valence-electron chi connectivity index (χ2n) is 8.70. The fraction of sp³-hybridized carbons (Fsp3) is 0.192. The van der Waals surface area contributed by atoms with E-state index < -0.39 is 35.6 Å². The Morgan fingerprint density at radius 3 is 2.18 bits per heavy atom. The molecule has 202 valence electrons. The van der Waals surface area contributed by atoms with E-state index in [4.69, 9.17) is 23.2 Å². The Balaban J connectivity index is 1.68. The maximum Gasteiger partial charge on any atom is 0.416 e. The summed E-state index contributed by atoms with van der Waals surface area (Å²) in [6.07, 6.45) is -9.97. The van der Waals surface area contributed by atoms with Crippen molar-refractivity contribution in [3.63, 3.8) is 0 Å². The molecule has 1 aromatic heterocycles. The van der Waals surface area contributed by atoms with Crippen molar-refractivity contribution in [2.75, 3.05) is 5.75 Å². The molecule has 0 fully saturated rings. The molecule has 39 heavy (non-hydrogen) atoms. The van der Waals surface area contributed by atoms with Crippen LogP contribution in [0.1, 0.15) is 16.7 Å². The first-order chi connectivity index (χ1) is 18.3. The molecule has 0 saturated carbocycles. The van der Waals surface area contributed by atoms with Crippen LogP contribution in [0, 0.1) is 0 Å². The van der Waals surface area contributed by atoms with E-state index in [0.29, 0.717) is 56.5 Å². The molecule has 0 radical (unpaired) electrons. The summed E-state index contributed by atoms with van der Waals surface area (Å²) in [5.41, 5.74) is -2.20. The first-order valence-corrected chi connectivity index (χ1v) is 13.1. The molecule has 0 unspecified atom stereocenters. The molecule has 0 spiro atoms. The number of thioether (sulfide) groups is 1. The van der Waals surface area contributed by atoms with Crippen LogP contribution in [0.25, 0.3) is 22.0 Å². The maximum atomic E-state index is 13.6. The van der Waals surface area contributed by atoms with E-state index in [9.17, 15) is 31.1 Å². The molecule has 4 nitrogen and oxygen atoms in total. The van der Waals surface area contributed by atoms with Gasteiger partial charge >= 0.3 is 12.4 Å². The fourth-order valence-electron chi connectivity index (χ4n) is 4.47. The van der Waals surface area contributed by atoms with Gasteiger partial charge in [0.15, 0.2) is 6.54 Å². The van der Waals surface area contributed by atoms with Crippen LogP contribution in [0.4, 0.5) is 32.0 Å². The van der Waals surface area contributed by atoms with Crippen LogP contribution < -0.4 is 10.7 Å². The van der Waals surface area contributed by atoms with Gasteiger partial charge in [-0.05, 0) is 53.1 Å². The van der Waals surface area contributed by atoms with E-state index >= 15 is 0 Å². The summed E-state index contributed by atoms with van der Waals surface area (Å²) in [6.45, 7) is -0.116. The summed E-state index contributed by atoms with van der Waals surface area (Å²) in [5.74, 6) is 0.631. The normalized spacial score (nSPS) is 13.9. The predicted octanol–water partition coefficient (Wildman–Crippen LogP) is 7.48. The Hall–Kier alpha value is -3.02. The largest absolute Gasteiger partial charge is 0.416 e. The summed E-state index contributed by atoms with van der Waals surface area (Å²) in [6, 6.07) is 11.5. The van der Waals surface area contributed by atoms with Crippen molar-refractivity contribution < 1.29 is 31.5 Å². The number of azo groups is 1. The Labute approximate surface area is 231 Å². The third-order valence-corrected chi connectivity index (χ3v) is 7.53. The van der Waals surface area contributed by atoms with Crippen LogP contribution in [0.3, 0.4) is 0 Å². The molecule has 4 aromatic rings. The van der Waals surface area contributed by atoms with Gasteiger partial charge in [-0.1, -0.05) is 35.3 Å². The molecule has 13 heteroatoms. The average molecular weight is 603 g/mol. The SMILES string of the molecule is O=c1c(N=[NH+]Cc2cc(C(F)(F)F)cc(C(F)(F)F)c2)c(-c2cc(Cl)cc(Cl)c2)c2cccc3c2n1CCS3. The highest BCUT2D eigenvalue weighted by Crippen LogP contribution is 2.41. The first-order valence-electron chi connectivity index (χ1n) is 11.3. The summed E-state index contributed by atoms with van der Waals surface area (Å²) >= 11 is 14.0. The standard InChI is InChI=1S/C26H15Cl2F6N3OS/c27-17-8-14(9-18(28)11-17)21-19-2-1-3-20-23(19)37(4-5-39-20)24(38)22(21)36-35-12-13-6-15(25(29,30)31)10-16(7-13)26(32,33)34/h1-3,6-11H,4-5,12H2/p+1. The minimum Gasteiger partial charge on any atom is -0.304 e. The van der Waals surface area contributed by atoms with Crippen LogP contribution >= 0.6 is 35.0 Å². The maximum absolute atomic E-state index is 13.6. The van der Waals surface area contributed by atoms with Crippen molar-refractivity contribution in [3.05, 3.63) is 91.7 Å². The first kappa shape index (κ1) is 27.5. The monoisotopic (exact) mass is 602 g/mol. The van der Waals surface area contributed by atoms with Gasteiger partial charge in [-0.3, -0.25) is 4.79 Å². The van der Waals surface area contributed by atoms with Crippen molar-refractivity contribution >= 4 is 51.6 Å². The summed E-state index contributed by atoms with van der Waals surface area (Å²) in [4.78, 5) is 14.5. The molecule has 0 amide bonds. The van der Waals surface area contributed by atoms with Crippen molar-refractivity contribution in [3.8, 4) is 11.1 Å². The number of aromatic nitrogens is 1. The molecular formula is C26H16Cl2F6N3OS+. The zero-order chi connectivity index (χ0) is 28.1. The summed E-state index contributed by atoms with van der Waals surface area (Å²) < 4.78 is 81.2. The van der Waals surface area contributed by atoms with E-state index in [1.165, 1.54) is 6.07 Å². The number of halogens is 8. The molecule has 5 rings (SSSR count). The number of benzene rings is 3. The molecule has 0 aliphatic carbocycles. The lowest BCUT2D eigenvalue weighted by Gasteiger charge is -2.21. The highest BCUT2D eigenvalue weighted by molar-refractivity contribution is 7.99. The number of nitrogens with one attached hydrogen (secondary N) is 1. The molecule has 1 N–H and O–H groups in total. The number of nitrogens with zero attached hydrogens (tertiary/aromatic N) is 2. The van der Waals surface area contributed by atoms with E-state index in [1.54, 1.807) is 34.5 Å². The van der Waals surface area contributed by atoms with Gasteiger partial charge in [-0.25, -0.2) is 0 Å². The predicted molar refractivity (Wildman–Crippen MR) is 138 cm³/mol. The Morgan fingerprint density at radius 2 is 1.56 bits per heavy atom. The van der Waals surface area contributed by atoms with Gasteiger partial charge in [0.2, 0.25) is 5.69 Å². The second-order valence-corrected chi connectivity index (χ2v) is 10.7. The molecule has 0 atom stereocenters. The van der Waals surface area contributed by atoms with E-state index in [2.05, 4.69) is 10.2 Å².